The van der Waals surface area contributed by atoms with E-state index in [0.717, 1.165) is 15.6 Å². The van der Waals surface area contributed by atoms with Crippen LogP contribution in [0, 0.1) is 0 Å². The molecule has 0 aliphatic heterocycles. The van der Waals surface area contributed by atoms with Gasteiger partial charge in [0.2, 0.25) is 0 Å². The van der Waals surface area contributed by atoms with Crippen LogP contribution in [0.3, 0.4) is 0 Å². The Labute approximate surface area is 109 Å². The van der Waals surface area contributed by atoms with E-state index < -0.39 is 0 Å². The molecule has 2 nitrogen and oxygen atoms in total. The van der Waals surface area contributed by atoms with Crippen molar-refractivity contribution in [3.05, 3.63) is 70.2 Å². The minimum Gasteiger partial charge on any atom is -0.411 e. The minimum absolute atomic E-state index is 0.611. The molecule has 0 saturated heterocycles. The number of benzene rings is 2. The first-order valence-electron chi connectivity index (χ1n) is 5.31. The van der Waals surface area contributed by atoms with Gasteiger partial charge in [0.1, 0.15) is 0 Å². The largest absolute Gasteiger partial charge is 0.411 e. The second kappa shape index (κ2) is 5.64. The molecule has 0 fully saturated rings. The Bertz CT molecular complexity index is 523. The SMILES string of the molecule is O/N=C(\Cc1ccccc1)c1ccccc1Br. The molecule has 86 valence electrons. The first kappa shape index (κ1) is 11.9. The maximum Gasteiger partial charge on any atom is 0.0922 e. The van der Waals surface area contributed by atoms with Crippen molar-refractivity contribution in [2.75, 3.05) is 0 Å². The lowest BCUT2D eigenvalue weighted by molar-refractivity contribution is 0.318. The summed E-state index contributed by atoms with van der Waals surface area (Å²) in [4.78, 5) is 0. The molecule has 0 aliphatic carbocycles. The van der Waals surface area contributed by atoms with Crippen molar-refractivity contribution in [1.29, 1.82) is 0 Å². The van der Waals surface area contributed by atoms with Crippen LogP contribution in [0.2, 0.25) is 0 Å². The fraction of sp³-hybridized carbons (Fsp3) is 0.0714. The van der Waals surface area contributed by atoms with Crippen LogP contribution in [0.4, 0.5) is 0 Å². The van der Waals surface area contributed by atoms with Crippen LogP contribution in [0.1, 0.15) is 11.1 Å². The molecule has 2 rings (SSSR count). The summed E-state index contributed by atoms with van der Waals surface area (Å²) >= 11 is 3.46. The first-order valence-corrected chi connectivity index (χ1v) is 6.10. The van der Waals surface area contributed by atoms with Crippen LogP contribution in [0.15, 0.2) is 64.2 Å². The highest BCUT2D eigenvalue weighted by atomic mass is 79.9. The number of nitrogens with zero attached hydrogens (tertiary/aromatic N) is 1. The smallest absolute Gasteiger partial charge is 0.0922 e. The standard InChI is InChI=1S/C14H12BrNO/c15-13-9-5-4-8-12(13)14(16-17)10-11-6-2-1-3-7-11/h1-9,17H,10H2/b16-14+. The number of hydrogen-bond acceptors (Lipinski definition) is 2. The quantitative estimate of drug-likeness (QED) is 0.519. The van der Waals surface area contributed by atoms with Crippen molar-refractivity contribution >= 4 is 21.6 Å². The van der Waals surface area contributed by atoms with Crippen LogP contribution >= 0.6 is 15.9 Å². The highest BCUT2D eigenvalue weighted by Crippen LogP contribution is 2.18. The van der Waals surface area contributed by atoms with Crippen molar-refractivity contribution in [2.24, 2.45) is 5.16 Å². The van der Waals surface area contributed by atoms with E-state index in [4.69, 9.17) is 5.21 Å². The molecule has 0 bridgehead atoms. The molecule has 2 aromatic carbocycles. The Kier molecular flexibility index (Phi) is 3.94. The summed E-state index contributed by atoms with van der Waals surface area (Å²) in [5.41, 5.74) is 2.69. The maximum atomic E-state index is 9.13. The summed E-state index contributed by atoms with van der Waals surface area (Å²) in [6.45, 7) is 0. The summed E-state index contributed by atoms with van der Waals surface area (Å²) in [6, 6.07) is 17.7. The summed E-state index contributed by atoms with van der Waals surface area (Å²) < 4.78 is 0.934. The number of hydrogen-bond donors (Lipinski definition) is 1. The summed E-state index contributed by atoms with van der Waals surface area (Å²) in [7, 11) is 0. The third-order valence-electron chi connectivity index (χ3n) is 2.52. The zero-order valence-electron chi connectivity index (χ0n) is 9.18. The van der Waals surface area contributed by atoms with E-state index in [1.165, 1.54) is 0 Å². The second-order valence-corrected chi connectivity index (χ2v) is 4.54. The third-order valence-corrected chi connectivity index (χ3v) is 3.21. The lowest BCUT2D eigenvalue weighted by Crippen LogP contribution is -2.06. The predicted molar refractivity (Wildman–Crippen MR) is 72.6 cm³/mol. The average Bonchev–Trinajstić information content (AvgIpc) is 2.38. The van der Waals surface area contributed by atoms with Gasteiger partial charge in [-0.1, -0.05) is 69.6 Å². The summed E-state index contributed by atoms with van der Waals surface area (Å²) in [6.07, 6.45) is 0.611. The Hall–Kier alpha value is -1.61. The molecule has 0 spiro atoms. The number of oxime groups is 1. The first-order chi connectivity index (χ1) is 8.31. The fourth-order valence-electron chi connectivity index (χ4n) is 1.67. The highest BCUT2D eigenvalue weighted by Gasteiger charge is 2.08. The molecule has 0 atom stereocenters. The lowest BCUT2D eigenvalue weighted by atomic mass is 10.0. The van der Waals surface area contributed by atoms with E-state index in [9.17, 15) is 0 Å². The van der Waals surface area contributed by atoms with E-state index in [2.05, 4.69) is 21.1 Å². The van der Waals surface area contributed by atoms with Gasteiger partial charge in [0.15, 0.2) is 0 Å². The molecule has 0 amide bonds. The molecule has 0 aliphatic rings. The van der Waals surface area contributed by atoms with E-state index in [1.54, 1.807) is 0 Å². The molecular formula is C14H12BrNO. The monoisotopic (exact) mass is 289 g/mol. The Morgan fingerprint density at radius 2 is 1.65 bits per heavy atom. The fourth-order valence-corrected chi connectivity index (χ4v) is 2.18. The van der Waals surface area contributed by atoms with E-state index in [0.29, 0.717) is 12.1 Å². The van der Waals surface area contributed by atoms with E-state index >= 15 is 0 Å². The van der Waals surface area contributed by atoms with Crippen LogP contribution < -0.4 is 0 Å². The Morgan fingerprint density at radius 1 is 1.00 bits per heavy atom. The van der Waals surface area contributed by atoms with Crippen LogP contribution in [-0.2, 0) is 6.42 Å². The van der Waals surface area contributed by atoms with E-state index in [-0.39, 0.29) is 0 Å². The third kappa shape index (κ3) is 2.94. The Balaban J connectivity index is 2.28. The molecule has 2 aromatic rings. The van der Waals surface area contributed by atoms with Gasteiger partial charge in [-0.25, -0.2) is 0 Å². The van der Waals surface area contributed by atoms with Crippen molar-refractivity contribution in [3.8, 4) is 0 Å². The van der Waals surface area contributed by atoms with Gasteiger partial charge in [-0.15, -0.1) is 0 Å². The van der Waals surface area contributed by atoms with E-state index in [1.807, 2.05) is 54.6 Å². The maximum absolute atomic E-state index is 9.13. The van der Waals surface area contributed by atoms with Gasteiger partial charge < -0.3 is 5.21 Å². The molecule has 17 heavy (non-hydrogen) atoms. The lowest BCUT2D eigenvalue weighted by Gasteiger charge is -2.06. The molecule has 1 N–H and O–H groups in total. The average molecular weight is 290 g/mol. The van der Waals surface area contributed by atoms with Gasteiger partial charge in [-0.05, 0) is 11.6 Å². The topological polar surface area (TPSA) is 32.6 Å². The van der Waals surface area contributed by atoms with Crippen molar-refractivity contribution in [2.45, 2.75) is 6.42 Å². The van der Waals surface area contributed by atoms with Gasteiger partial charge in [-0.2, -0.15) is 0 Å². The van der Waals surface area contributed by atoms with Gasteiger partial charge >= 0.3 is 0 Å². The van der Waals surface area contributed by atoms with Gasteiger partial charge in [-0.3, -0.25) is 0 Å². The highest BCUT2D eigenvalue weighted by molar-refractivity contribution is 9.10. The minimum atomic E-state index is 0.611. The van der Waals surface area contributed by atoms with Crippen molar-refractivity contribution in [1.82, 2.24) is 0 Å². The van der Waals surface area contributed by atoms with Crippen LogP contribution in [-0.4, -0.2) is 10.9 Å². The van der Waals surface area contributed by atoms with Gasteiger partial charge in [0, 0.05) is 16.5 Å². The van der Waals surface area contributed by atoms with Gasteiger partial charge in [0.05, 0.1) is 5.71 Å². The van der Waals surface area contributed by atoms with Crippen LogP contribution in [0.25, 0.3) is 0 Å². The summed E-state index contributed by atoms with van der Waals surface area (Å²) in [5.74, 6) is 0. The van der Waals surface area contributed by atoms with Crippen molar-refractivity contribution < 1.29 is 5.21 Å². The molecule has 0 aromatic heterocycles. The molecule has 0 heterocycles. The molecule has 0 saturated carbocycles. The normalized spacial score (nSPS) is 11.5. The Morgan fingerprint density at radius 3 is 2.29 bits per heavy atom. The number of halogens is 1. The van der Waals surface area contributed by atoms with Crippen molar-refractivity contribution in [3.63, 3.8) is 0 Å². The molecule has 0 unspecified atom stereocenters. The van der Waals surface area contributed by atoms with Crippen LogP contribution in [0.5, 0.6) is 0 Å². The molecular weight excluding hydrogens is 278 g/mol. The van der Waals surface area contributed by atoms with Gasteiger partial charge in [0.25, 0.3) is 0 Å². The number of rotatable bonds is 3. The molecule has 0 radical (unpaired) electrons. The predicted octanol–water partition coefficient (Wildman–Crippen LogP) is 3.87. The second-order valence-electron chi connectivity index (χ2n) is 3.69. The molecule has 3 heteroatoms. The zero-order chi connectivity index (χ0) is 12.1. The zero-order valence-corrected chi connectivity index (χ0v) is 10.8. The summed E-state index contributed by atoms with van der Waals surface area (Å²) in [5, 5.41) is 12.5.